The first kappa shape index (κ1) is 14.0. The molecule has 0 radical (unpaired) electrons. The summed E-state index contributed by atoms with van der Waals surface area (Å²) in [6.07, 6.45) is 7.01. The lowest BCUT2D eigenvalue weighted by atomic mass is 9.85. The Balaban J connectivity index is 1.96. The predicted octanol–water partition coefficient (Wildman–Crippen LogP) is 2.06. The summed E-state index contributed by atoms with van der Waals surface area (Å²) in [7, 11) is 0. The lowest BCUT2D eigenvalue weighted by Gasteiger charge is -2.35. The van der Waals surface area contributed by atoms with Crippen LogP contribution in [0.2, 0.25) is 0 Å². The molecule has 19 heavy (non-hydrogen) atoms. The van der Waals surface area contributed by atoms with E-state index < -0.39 is 17.4 Å². The van der Waals surface area contributed by atoms with E-state index in [9.17, 15) is 14.4 Å². The van der Waals surface area contributed by atoms with Gasteiger partial charge in [0, 0.05) is 6.54 Å². The first-order valence-corrected chi connectivity index (χ1v) is 7.10. The van der Waals surface area contributed by atoms with Crippen molar-refractivity contribution in [1.82, 2.24) is 10.2 Å². The van der Waals surface area contributed by atoms with E-state index in [4.69, 9.17) is 0 Å². The molecule has 2 rings (SSSR count). The van der Waals surface area contributed by atoms with Crippen LogP contribution in [0.3, 0.4) is 0 Å². The van der Waals surface area contributed by atoms with Crippen LogP contribution in [0.1, 0.15) is 52.4 Å². The van der Waals surface area contributed by atoms with E-state index in [1.54, 1.807) is 13.8 Å². The minimum absolute atomic E-state index is 0.378. The molecule has 0 unspecified atom stereocenters. The van der Waals surface area contributed by atoms with Crippen LogP contribution in [0.4, 0.5) is 4.79 Å². The molecule has 0 aromatic rings. The van der Waals surface area contributed by atoms with Gasteiger partial charge in [-0.2, -0.15) is 0 Å². The highest BCUT2D eigenvalue weighted by molar-refractivity contribution is 6.18. The second-order valence-corrected chi connectivity index (χ2v) is 6.13. The highest BCUT2D eigenvalue weighted by Gasteiger charge is 2.46. The second kappa shape index (κ2) is 5.31. The molecular weight excluding hydrogens is 244 g/mol. The van der Waals surface area contributed by atoms with Crippen molar-refractivity contribution in [2.45, 2.75) is 52.4 Å². The number of hydrogen-bond donors (Lipinski definition) is 1. The van der Waals surface area contributed by atoms with Gasteiger partial charge in [-0.25, -0.2) is 4.79 Å². The van der Waals surface area contributed by atoms with Crippen LogP contribution in [0.5, 0.6) is 0 Å². The van der Waals surface area contributed by atoms with Gasteiger partial charge in [0.2, 0.25) is 11.8 Å². The molecular formula is C14H22N2O3. The monoisotopic (exact) mass is 266 g/mol. The van der Waals surface area contributed by atoms with Crippen LogP contribution < -0.4 is 5.32 Å². The minimum Gasteiger partial charge on any atom is -0.277 e. The number of hydrogen-bond acceptors (Lipinski definition) is 3. The predicted molar refractivity (Wildman–Crippen MR) is 70.2 cm³/mol. The molecule has 2 fully saturated rings. The van der Waals surface area contributed by atoms with Gasteiger partial charge < -0.3 is 0 Å². The Kier molecular flexibility index (Phi) is 3.92. The summed E-state index contributed by atoms with van der Waals surface area (Å²) in [5.41, 5.74) is -1.14. The molecule has 0 bridgehead atoms. The van der Waals surface area contributed by atoms with Crippen LogP contribution in [-0.4, -0.2) is 29.3 Å². The fourth-order valence-corrected chi connectivity index (χ4v) is 2.84. The van der Waals surface area contributed by atoms with E-state index >= 15 is 0 Å². The van der Waals surface area contributed by atoms with Crippen molar-refractivity contribution in [2.75, 3.05) is 6.54 Å². The molecule has 0 atom stereocenters. The third kappa shape index (κ3) is 2.80. The SMILES string of the molecule is CC1(C)C(=O)NC(=O)N(CCC2CCCCC2)C1=O. The van der Waals surface area contributed by atoms with Gasteiger partial charge in [-0.15, -0.1) is 0 Å². The molecule has 5 heteroatoms. The van der Waals surface area contributed by atoms with Crippen LogP contribution >= 0.6 is 0 Å². The van der Waals surface area contributed by atoms with Crippen molar-refractivity contribution in [1.29, 1.82) is 0 Å². The van der Waals surface area contributed by atoms with E-state index in [0.29, 0.717) is 12.5 Å². The van der Waals surface area contributed by atoms with Crippen LogP contribution in [-0.2, 0) is 9.59 Å². The van der Waals surface area contributed by atoms with Gasteiger partial charge in [-0.3, -0.25) is 19.8 Å². The second-order valence-electron chi connectivity index (χ2n) is 6.13. The van der Waals surface area contributed by atoms with E-state index in [2.05, 4.69) is 5.32 Å². The fourth-order valence-electron chi connectivity index (χ4n) is 2.84. The molecule has 1 heterocycles. The molecule has 1 saturated heterocycles. The van der Waals surface area contributed by atoms with Gasteiger partial charge >= 0.3 is 6.03 Å². The lowest BCUT2D eigenvalue weighted by molar-refractivity contribution is -0.149. The van der Waals surface area contributed by atoms with Crippen LogP contribution in [0, 0.1) is 11.3 Å². The summed E-state index contributed by atoms with van der Waals surface area (Å²) in [6, 6.07) is -0.565. The number of carbonyl (C=O) groups excluding carboxylic acids is 3. The zero-order valence-electron chi connectivity index (χ0n) is 11.7. The molecule has 1 aliphatic carbocycles. The smallest absolute Gasteiger partial charge is 0.277 e. The molecule has 1 saturated carbocycles. The maximum atomic E-state index is 12.2. The fraction of sp³-hybridized carbons (Fsp3) is 0.786. The Bertz CT molecular complexity index is 397. The highest BCUT2D eigenvalue weighted by Crippen LogP contribution is 2.28. The van der Waals surface area contributed by atoms with Crippen molar-refractivity contribution >= 4 is 17.8 Å². The standard InChI is InChI=1S/C14H22N2O3/c1-14(2)11(17)15-13(19)16(12(14)18)9-8-10-6-4-3-5-7-10/h10H,3-9H2,1-2H3,(H,15,17,19). The molecule has 0 aromatic carbocycles. The summed E-state index contributed by atoms with van der Waals surface area (Å²) in [5, 5.41) is 2.27. The molecule has 2 aliphatic rings. The van der Waals surface area contributed by atoms with Crippen molar-refractivity contribution in [2.24, 2.45) is 11.3 Å². The zero-order chi connectivity index (χ0) is 14.0. The molecule has 5 nitrogen and oxygen atoms in total. The Morgan fingerprint density at radius 3 is 2.42 bits per heavy atom. The van der Waals surface area contributed by atoms with Gasteiger partial charge in [0.15, 0.2) is 0 Å². The summed E-state index contributed by atoms with van der Waals surface area (Å²) >= 11 is 0. The maximum absolute atomic E-state index is 12.2. The summed E-state index contributed by atoms with van der Waals surface area (Å²) in [4.78, 5) is 36.7. The van der Waals surface area contributed by atoms with Crippen LogP contribution in [0.25, 0.3) is 0 Å². The average Bonchev–Trinajstić information content (AvgIpc) is 2.38. The van der Waals surface area contributed by atoms with Crippen molar-refractivity contribution in [3.63, 3.8) is 0 Å². The number of barbiturate groups is 1. The zero-order valence-corrected chi connectivity index (χ0v) is 11.7. The van der Waals surface area contributed by atoms with Gasteiger partial charge in [-0.05, 0) is 26.2 Å². The normalized spacial score (nSPS) is 24.5. The van der Waals surface area contributed by atoms with E-state index in [1.807, 2.05) is 0 Å². The maximum Gasteiger partial charge on any atom is 0.330 e. The topological polar surface area (TPSA) is 66.5 Å². The molecule has 0 spiro atoms. The highest BCUT2D eigenvalue weighted by atomic mass is 16.2. The number of imide groups is 2. The van der Waals surface area contributed by atoms with Crippen LogP contribution in [0.15, 0.2) is 0 Å². The molecule has 0 aromatic heterocycles. The molecule has 106 valence electrons. The van der Waals surface area contributed by atoms with Crippen molar-refractivity contribution < 1.29 is 14.4 Å². The number of carbonyl (C=O) groups is 3. The number of rotatable bonds is 3. The first-order chi connectivity index (χ1) is 8.93. The minimum atomic E-state index is -1.14. The Hall–Kier alpha value is -1.39. The molecule has 1 aliphatic heterocycles. The van der Waals surface area contributed by atoms with Crippen molar-refractivity contribution in [3.05, 3.63) is 0 Å². The van der Waals surface area contributed by atoms with Gasteiger partial charge in [-0.1, -0.05) is 32.1 Å². The Morgan fingerprint density at radius 2 is 1.79 bits per heavy atom. The van der Waals surface area contributed by atoms with Gasteiger partial charge in [0.05, 0.1) is 0 Å². The third-order valence-corrected chi connectivity index (χ3v) is 4.30. The number of nitrogens with one attached hydrogen (secondary N) is 1. The van der Waals surface area contributed by atoms with Gasteiger partial charge in [0.25, 0.3) is 0 Å². The molecule has 1 N–H and O–H groups in total. The summed E-state index contributed by atoms with van der Waals surface area (Å²) in [5.74, 6) is -0.274. The first-order valence-electron chi connectivity index (χ1n) is 7.10. The third-order valence-electron chi connectivity index (χ3n) is 4.30. The Labute approximate surface area is 113 Å². The summed E-state index contributed by atoms with van der Waals surface area (Å²) in [6.45, 7) is 3.54. The molecule has 4 amide bonds. The van der Waals surface area contributed by atoms with E-state index in [1.165, 1.54) is 37.0 Å². The number of urea groups is 1. The quantitative estimate of drug-likeness (QED) is 0.795. The van der Waals surface area contributed by atoms with E-state index in [0.717, 1.165) is 6.42 Å². The Morgan fingerprint density at radius 1 is 1.16 bits per heavy atom. The lowest BCUT2D eigenvalue weighted by Crippen LogP contribution is -2.62. The largest absolute Gasteiger partial charge is 0.330 e. The number of nitrogens with zero attached hydrogens (tertiary/aromatic N) is 1. The average molecular weight is 266 g/mol. The van der Waals surface area contributed by atoms with Gasteiger partial charge in [0.1, 0.15) is 5.41 Å². The van der Waals surface area contributed by atoms with E-state index in [-0.39, 0.29) is 5.91 Å². The van der Waals surface area contributed by atoms with Crippen molar-refractivity contribution in [3.8, 4) is 0 Å². The number of amides is 4. The summed E-state index contributed by atoms with van der Waals surface area (Å²) < 4.78 is 0.